The van der Waals surface area contributed by atoms with Crippen LogP contribution in [0.15, 0.2) is 48.5 Å². The van der Waals surface area contributed by atoms with Crippen LogP contribution in [-0.2, 0) is 10.2 Å². The van der Waals surface area contributed by atoms with Gasteiger partial charge in [-0.1, -0.05) is 57.5 Å². The Hall–Kier alpha value is -2.27. The maximum Gasteiger partial charge on any atom is 0.299 e. The number of nitriles is 1. The number of benzene rings is 2. The van der Waals surface area contributed by atoms with E-state index in [4.69, 9.17) is 21.6 Å². The van der Waals surface area contributed by atoms with Gasteiger partial charge in [0.1, 0.15) is 17.9 Å². The molecule has 0 amide bonds. The van der Waals surface area contributed by atoms with Gasteiger partial charge in [-0.05, 0) is 24.3 Å². The van der Waals surface area contributed by atoms with Crippen molar-refractivity contribution in [1.82, 2.24) is 4.72 Å². The molecule has 0 spiro atoms. The van der Waals surface area contributed by atoms with Gasteiger partial charge < -0.3 is 4.74 Å². The number of ether oxygens (including phenoxy) is 1. The highest BCUT2D eigenvalue weighted by Crippen LogP contribution is 2.55. The molecule has 0 aromatic heterocycles. The summed E-state index contributed by atoms with van der Waals surface area (Å²) in [7, 11) is -3.76. The van der Waals surface area contributed by atoms with Crippen LogP contribution < -0.4 is 14.2 Å². The largest absolute Gasteiger partial charge is 0.489 e. The summed E-state index contributed by atoms with van der Waals surface area (Å²) >= 11 is 6.11. The normalized spacial score (nSPS) is 22.2. The van der Waals surface area contributed by atoms with Gasteiger partial charge in [-0.15, -0.1) is 0 Å². The van der Waals surface area contributed by atoms with Crippen LogP contribution in [-0.4, -0.2) is 20.6 Å². The monoisotopic (exact) mass is 433 g/mol. The SMILES string of the molecule is CC1(C)[C@H](NS(=O)(=O)Nc2ccccc2)C(C)(C)[C@H]1Oc1ccc(C#N)c(Cl)c1. The van der Waals surface area contributed by atoms with E-state index >= 15 is 0 Å². The molecule has 1 saturated carbocycles. The van der Waals surface area contributed by atoms with Crippen molar-refractivity contribution < 1.29 is 13.2 Å². The van der Waals surface area contributed by atoms with Crippen molar-refractivity contribution in [3.8, 4) is 11.8 Å². The molecule has 0 saturated heterocycles. The summed E-state index contributed by atoms with van der Waals surface area (Å²) in [5.74, 6) is 0.545. The zero-order valence-electron chi connectivity index (χ0n) is 16.7. The number of para-hydroxylation sites is 1. The summed E-state index contributed by atoms with van der Waals surface area (Å²) in [6.07, 6.45) is -0.261. The van der Waals surface area contributed by atoms with Crippen LogP contribution in [0.3, 0.4) is 0 Å². The first-order chi connectivity index (χ1) is 13.5. The molecular weight excluding hydrogens is 410 g/mol. The Morgan fingerprint density at radius 3 is 2.24 bits per heavy atom. The molecule has 6 nitrogen and oxygen atoms in total. The Balaban J connectivity index is 1.76. The van der Waals surface area contributed by atoms with Gasteiger partial charge in [-0.3, -0.25) is 4.72 Å². The van der Waals surface area contributed by atoms with Gasteiger partial charge in [0.2, 0.25) is 0 Å². The Bertz CT molecular complexity index is 1030. The van der Waals surface area contributed by atoms with Crippen LogP contribution in [0, 0.1) is 22.2 Å². The van der Waals surface area contributed by atoms with Gasteiger partial charge in [-0.25, -0.2) is 0 Å². The third-order valence-electron chi connectivity index (χ3n) is 5.45. The maximum absolute atomic E-state index is 12.6. The molecule has 3 rings (SSSR count). The molecule has 2 aromatic carbocycles. The van der Waals surface area contributed by atoms with Crippen molar-refractivity contribution >= 4 is 27.5 Å². The van der Waals surface area contributed by atoms with Gasteiger partial charge in [0.25, 0.3) is 10.2 Å². The second kappa shape index (κ2) is 7.52. The smallest absolute Gasteiger partial charge is 0.299 e. The number of halogens is 1. The van der Waals surface area contributed by atoms with E-state index in [1.807, 2.05) is 39.8 Å². The first-order valence-electron chi connectivity index (χ1n) is 9.19. The van der Waals surface area contributed by atoms with Gasteiger partial charge in [-0.2, -0.15) is 18.4 Å². The predicted octanol–water partition coefficient (Wildman–Crippen LogP) is 4.34. The zero-order chi connectivity index (χ0) is 21.4. The minimum absolute atomic E-state index is 0.261. The molecule has 2 aromatic rings. The van der Waals surface area contributed by atoms with Crippen LogP contribution in [0.5, 0.6) is 5.75 Å². The lowest BCUT2D eigenvalue weighted by atomic mass is 9.50. The Morgan fingerprint density at radius 1 is 1.07 bits per heavy atom. The minimum Gasteiger partial charge on any atom is -0.489 e. The summed E-state index contributed by atoms with van der Waals surface area (Å²) < 4.78 is 36.8. The van der Waals surface area contributed by atoms with E-state index in [0.29, 0.717) is 22.0 Å². The second-order valence-electron chi connectivity index (χ2n) is 8.42. The van der Waals surface area contributed by atoms with Gasteiger partial charge in [0, 0.05) is 28.6 Å². The molecule has 1 aliphatic carbocycles. The van der Waals surface area contributed by atoms with Crippen molar-refractivity contribution in [2.75, 3.05) is 4.72 Å². The van der Waals surface area contributed by atoms with Crippen molar-refractivity contribution in [3.05, 3.63) is 59.1 Å². The highest BCUT2D eigenvalue weighted by Gasteiger charge is 2.64. The Morgan fingerprint density at radius 2 is 1.69 bits per heavy atom. The zero-order valence-corrected chi connectivity index (χ0v) is 18.3. The number of nitrogens with one attached hydrogen (secondary N) is 2. The van der Waals surface area contributed by atoms with Gasteiger partial charge in [0.15, 0.2) is 0 Å². The first-order valence-corrected chi connectivity index (χ1v) is 11.0. The average Bonchev–Trinajstić information content (AvgIpc) is 2.64. The number of anilines is 1. The molecule has 1 aliphatic rings. The molecule has 0 radical (unpaired) electrons. The highest BCUT2D eigenvalue weighted by molar-refractivity contribution is 7.90. The van der Waals surface area contributed by atoms with Crippen LogP contribution in [0.25, 0.3) is 0 Å². The third kappa shape index (κ3) is 4.20. The number of hydrogen-bond donors (Lipinski definition) is 2. The fourth-order valence-corrected chi connectivity index (χ4v) is 6.01. The molecular formula is C21H24ClN3O3S. The highest BCUT2D eigenvalue weighted by atomic mass is 35.5. The van der Waals surface area contributed by atoms with Crippen molar-refractivity contribution in [3.63, 3.8) is 0 Å². The van der Waals surface area contributed by atoms with Crippen LogP contribution >= 0.6 is 11.6 Å². The Kier molecular flexibility index (Phi) is 5.56. The Labute approximate surface area is 177 Å². The topological polar surface area (TPSA) is 91.2 Å². The number of nitrogens with zero attached hydrogens (tertiary/aromatic N) is 1. The molecule has 0 aliphatic heterocycles. The second-order valence-corrected chi connectivity index (χ2v) is 10.3. The van der Waals surface area contributed by atoms with Crippen LogP contribution in [0.2, 0.25) is 5.02 Å². The first kappa shape index (κ1) is 21.4. The molecule has 29 heavy (non-hydrogen) atoms. The van der Waals surface area contributed by atoms with E-state index in [1.54, 1.807) is 42.5 Å². The molecule has 8 heteroatoms. The van der Waals surface area contributed by atoms with Crippen molar-refractivity contribution in [1.29, 1.82) is 5.26 Å². The summed E-state index contributed by atoms with van der Waals surface area (Å²) in [5.41, 5.74) is -0.0799. The summed E-state index contributed by atoms with van der Waals surface area (Å²) in [6.45, 7) is 7.85. The third-order valence-corrected chi connectivity index (χ3v) is 6.82. The average molecular weight is 434 g/mol. The lowest BCUT2D eigenvalue weighted by Gasteiger charge is -2.62. The lowest BCUT2D eigenvalue weighted by Crippen LogP contribution is -2.75. The van der Waals surface area contributed by atoms with E-state index in [9.17, 15) is 8.42 Å². The van der Waals surface area contributed by atoms with Gasteiger partial charge >= 0.3 is 0 Å². The summed E-state index contributed by atoms with van der Waals surface area (Å²) in [6, 6.07) is 15.3. The molecule has 2 N–H and O–H groups in total. The molecule has 0 unspecified atom stereocenters. The molecule has 154 valence electrons. The number of rotatable bonds is 6. The number of hydrogen-bond acceptors (Lipinski definition) is 4. The van der Waals surface area contributed by atoms with E-state index in [2.05, 4.69) is 9.44 Å². The molecule has 0 atom stereocenters. The maximum atomic E-state index is 12.6. The standard InChI is InChI=1S/C21H24ClN3O3S/c1-20(2)18(25-29(26,27)24-15-8-6-5-7-9-15)21(3,4)19(20)28-16-11-10-14(13-23)17(22)12-16/h5-12,18-19,24-25H,1-4H3/t18-,19-. The van der Waals surface area contributed by atoms with E-state index in [0.717, 1.165) is 0 Å². The quantitative estimate of drug-likeness (QED) is 0.708. The van der Waals surface area contributed by atoms with E-state index < -0.39 is 21.0 Å². The minimum atomic E-state index is -3.76. The van der Waals surface area contributed by atoms with E-state index in [-0.39, 0.29) is 12.1 Å². The molecule has 1 fully saturated rings. The summed E-state index contributed by atoms with van der Waals surface area (Å²) in [4.78, 5) is 0. The fourth-order valence-electron chi connectivity index (χ4n) is 4.37. The predicted molar refractivity (Wildman–Crippen MR) is 114 cm³/mol. The van der Waals surface area contributed by atoms with Crippen molar-refractivity contribution in [2.24, 2.45) is 10.8 Å². The van der Waals surface area contributed by atoms with Crippen LogP contribution in [0.1, 0.15) is 33.3 Å². The molecule has 0 heterocycles. The van der Waals surface area contributed by atoms with Crippen LogP contribution in [0.4, 0.5) is 5.69 Å². The lowest BCUT2D eigenvalue weighted by molar-refractivity contribution is -0.161. The van der Waals surface area contributed by atoms with E-state index in [1.165, 1.54) is 0 Å². The molecule has 0 bridgehead atoms. The summed E-state index contributed by atoms with van der Waals surface area (Å²) in [5, 5.41) is 9.34. The van der Waals surface area contributed by atoms with Gasteiger partial charge in [0.05, 0.1) is 10.6 Å². The van der Waals surface area contributed by atoms with Crippen molar-refractivity contribution in [2.45, 2.75) is 39.8 Å². The fraction of sp³-hybridized carbons (Fsp3) is 0.381.